The smallest absolute Gasteiger partial charge is 0.231 e. The molecule has 1 aliphatic carbocycles. The molecule has 0 unspecified atom stereocenters. The molecule has 1 saturated carbocycles. The summed E-state index contributed by atoms with van der Waals surface area (Å²) in [5, 5.41) is 3.04. The van der Waals surface area contributed by atoms with Gasteiger partial charge in [0.2, 0.25) is 5.91 Å². The van der Waals surface area contributed by atoms with Gasteiger partial charge < -0.3 is 5.32 Å². The summed E-state index contributed by atoms with van der Waals surface area (Å²) in [7, 11) is 0. The average molecular weight is 284 g/mol. The number of nitrogens with one attached hydrogen (secondary N) is 1. The maximum atomic E-state index is 12.0. The molecule has 2 nitrogen and oxygen atoms in total. The third-order valence-electron chi connectivity index (χ3n) is 3.05. The highest BCUT2D eigenvalue weighted by atomic mass is 79.9. The highest BCUT2D eigenvalue weighted by Crippen LogP contribution is 2.53. The first-order valence-electron chi connectivity index (χ1n) is 4.94. The highest BCUT2D eigenvalue weighted by molar-refractivity contribution is 9.10. The summed E-state index contributed by atoms with van der Waals surface area (Å²) in [5.41, 5.74) is 0.875. The second kappa shape index (κ2) is 3.25. The number of halogens is 1. The monoisotopic (exact) mass is 283 g/mol. The van der Waals surface area contributed by atoms with E-state index in [1.807, 2.05) is 12.1 Å². The van der Waals surface area contributed by atoms with Crippen LogP contribution in [0.1, 0.15) is 12.8 Å². The second-order valence-corrected chi connectivity index (χ2v) is 6.01. The predicted octanol–water partition coefficient (Wildman–Crippen LogP) is 3.27. The Kier molecular flexibility index (Phi) is 2.11. The summed E-state index contributed by atoms with van der Waals surface area (Å²) < 4.78 is 0.971. The Balaban J connectivity index is 2.04. The molecule has 3 rings (SSSR count). The Morgan fingerprint density at radius 2 is 2.20 bits per heavy atom. The first kappa shape index (κ1) is 9.73. The maximum Gasteiger partial charge on any atom is 0.231 e. The van der Waals surface area contributed by atoms with Gasteiger partial charge in [-0.1, -0.05) is 6.07 Å². The number of para-hydroxylation sites is 1. The van der Waals surface area contributed by atoms with Gasteiger partial charge >= 0.3 is 0 Å². The van der Waals surface area contributed by atoms with Crippen LogP contribution in [0.3, 0.4) is 0 Å². The van der Waals surface area contributed by atoms with Crippen molar-refractivity contribution in [2.45, 2.75) is 17.7 Å². The molecule has 1 aromatic rings. The molecule has 1 fully saturated rings. The first-order chi connectivity index (χ1) is 7.21. The molecule has 1 aromatic carbocycles. The van der Waals surface area contributed by atoms with Crippen molar-refractivity contribution in [3.8, 4) is 0 Å². The van der Waals surface area contributed by atoms with Gasteiger partial charge in [0, 0.05) is 15.1 Å². The van der Waals surface area contributed by atoms with E-state index in [4.69, 9.17) is 0 Å². The van der Waals surface area contributed by atoms with Crippen molar-refractivity contribution < 1.29 is 4.79 Å². The molecule has 1 N–H and O–H groups in total. The number of rotatable bonds is 0. The van der Waals surface area contributed by atoms with Crippen molar-refractivity contribution in [1.29, 1.82) is 0 Å². The molecular weight excluding hydrogens is 274 g/mol. The molecule has 0 aromatic heterocycles. The van der Waals surface area contributed by atoms with Crippen molar-refractivity contribution in [2.75, 3.05) is 11.1 Å². The van der Waals surface area contributed by atoms with Gasteiger partial charge in [0.25, 0.3) is 0 Å². The van der Waals surface area contributed by atoms with E-state index in [2.05, 4.69) is 27.3 Å². The van der Waals surface area contributed by atoms with Crippen LogP contribution in [0, 0.1) is 5.41 Å². The zero-order valence-electron chi connectivity index (χ0n) is 8.05. The number of amides is 1. The molecule has 78 valence electrons. The zero-order chi connectivity index (χ0) is 10.5. The van der Waals surface area contributed by atoms with E-state index >= 15 is 0 Å². The Labute approximate surface area is 101 Å². The fraction of sp³-hybridized carbons (Fsp3) is 0.364. The summed E-state index contributed by atoms with van der Waals surface area (Å²) in [5.74, 6) is 1.11. The number of carbonyl (C=O) groups is 1. The van der Waals surface area contributed by atoms with E-state index in [0.29, 0.717) is 0 Å². The normalized spacial score (nSPS) is 21.8. The zero-order valence-corrected chi connectivity index (χ0v) is 10.5. The molecule has 0 atom stereocenters. The number of hydrogen-bond acceptors (Lipinski definition) is 2. The molecule has 2 aliphatic rings. The van der Waals surface area contributed by atoms with Gasteiger partial charge in [-0.2, -0.15) is 0 Å². The molecule has 15 heavy (non-hydrogen) atoms. The maximum absolute atomic E-state index is 12.0. The van der Waals surface area contributed by atoms with Gasteiger partial charge in [0.05, 0.1) is 11.1 Å². The number of hydrogen-bond donors (Lipinski definition) is 1. The van der Waals surface area contributed by atoms with Crippen LogP contribution in [0.5, 0.6) is 0 Å². The van der Waals surface area contributed by atoms with E-state index < -0.39 is 0 Å². The van der Waals surface area contributed by atoms with E-state index in [1.54, 1.807) is 11.8 Å². The number of fused-ring (bicyclic) bond motifs is 1. The molecule has 4 heteroatoms. The van der Waals surface area contributed by atoms with Crippen LogP contribution < -0.4 is 5.32 Å². The van der Waals surface area contributed by atoms with Crippen LogP contribution >= 0.6 is 27.7 Å². The summed E-state index contributed by atoms with van der Waals surface area (Å²) in [6, 6.07) is 6.03. The van der Waals surface area contributed by atoms with Crippen molar-refractivity contribution in [3.05, 3.63) is 22.7 Å². The number of benzene rings is 1. The van der Waals surface area contributed by atoms with Crippen molar-refractivity contribution in [1.82, 2.24) is 0 Å². The lowest BCUT2D eigenvalue weighted by Gasteiger charge is -2.09. The van der Waals surface area contributed by atoms with Crippen LogP contribution in [-0.4, -0.2) is 11.7 Å². The highest BCUT2D eigenvalue weighted by Gasteiger charge is 2.51. The standard InChI is InChI=1S/C11H10BrNOS/c12-7-2-1-3-8-9(7)13-10(14)11(4-5-11)6-15-8/h1-3H,4-6H2,(H,13,14). The predicted molar refractivity (Wildman–Crippen MR) is 65.2 cm³/mol. The van der Waals surface area contributed by atoms with E-state index in [1.165, 1.54) is 4.90 Å². The minimum absolute atomic E-state index is 0.0663. The number of carbonyl (C=O) groups excluding carboxylic acids is 1. The van der Waals surface area contributed by atoms with Crippen molar-refractivity contribution in [3.63, 3.8) is 0 Å². The molecular formula is C11H10BrNOS. The van der Waals surface area contributed by atoms with Gasteiger partial charge in [-0.15, -0.1) is 11.8 Å². The Morgan fingerprint density at radius 1 is 1.40 bits per heavy atom. The second-order valence-electron chi connectivity index (χ2n) is 4.14. The third kappa shape index (κ3) is 1.51. The summed E-state index contributed by atoms with van der Waals surface area (Å²) in [6.45, 7) is 0. The van der Waals surface area contributed by atoms with Gasteiger partial charge in [0.1, 0.15) is 0 Å². The van der Waals surface area contributed by atoms with Crippen molar-refractivity contribution >= 4 is 39.3 Å². The van der Waals surface area contributed by atoms with Gasteiger partial charge in [0.15, 0.2) is 0 Å². The van der Waals surface area contributed by atoms with E-state index in [0.717, 1.165) is 28.8 Å². The number of thioether (sulfide) groups is 1. The van der Waals surface area contributed by atoms with Gasteiger partial charge in [-0.05, 0) is 40.9 Å². The van der Waals surface area contributed by atoms with Crippen LogP contribution in [-0.2, 0) is 4.79 Å². The lowest BCUT2D eigenvalue weighted by Crippen LogP contribution is -2.24. The van der Waals surface area contributed by atoms with E-state index in [9.17, 15) is 4.79 Å². The summed E-state index contributed by atoms with van der Waals surface area (Å²) >= 11 is 5.26. The fourth-order valence-corrected chi connectivity index (χ4v) is 3.72. The molecule has 0 radical (unpaired) electrons. The largest absolute Gasteiger partial charge is 0.324 e. The molecule has 0 saturated heterocycles. The Bertz CT molecular complexity index is 442. The van der Waals surface area contributed by atoms with E-state index in [-0.39, 0.29) is 11.3 Å². The minimum atomic E-state index is -0.0663. The van der Waals surface area contributed by atoms with Crippen molar-refractivity contribution in [2.24, 2.45) is 5.41 Å². The molecule has 1 spiro atoms. The molecule has 1 aliphatic heterocycles. The summed E-state index contributed by atoms with van der Waals surface area (Å²) in [6.07, 6.45) is 2.08. The molecule has 1 amide bonds. The third-order valence-corrected chi connectivity index (χ3v) is 5.06. The average Bonchev–Trinajstić information content (AvgIpc) is 3.00. The first-order valence-corrected chi connectivity index (χ1v) is 6.72. The fourth-order valence-electron chi connectivity index (χ4n) is 1.80. The Hall–Kier alpha value is -0.480. The van der Waals surface area contributed by atoms with Crippen LogP contribution in [0.4, 0.5) is 5.69 Å². The van der Waals surface area contributed by atoms with Gasteiger partial charge in [-0.3, -0.25) is 4.79 Å². The topological polar surface area (TPSA) is 29.1 Å². The van der Waals surface area contributed by atoms with Gasteiger partial charge in [-0.25, -0.2) is 0 Å². The van der Waals surface area contributed by atoms with Crippen LogP contribution in [0.2, 0.25) is 0 Å². The lowest BCUT2D eigenvalue weighted by molar-refractivity contribution is -0.120. The Morgan fingerprint density at radius 3 is 2.93 bits per heavy atom. The lowest BCUT2D eigenvalue weighted by atomic mass is 10.1. The minimum Gasteiger partial charge on any atom is -0.324 e. The molecule has 0 bridgehead atoms. The van der Waals surface area contributed by atoms with Crippen LogP contribution in [0.25, 0.3) is 0 Å². The number of anilines is 1. The quantitative estimate of drug-likeness (QED) is 0.792. The summed E-state index contributed by atoms with van der Waals surface area (Å²) in [4.78, 5) is 13.1. The van der Waals surface area contributed by atoms with Crippen LogP contribution in [0.15, 0.2) is 27.6 Å². The SMILES string of the molecule is O=C1Nc2c(Br)cccc2SCC12CC2. The molecule has 1 heterocycles.